The molecule has 0 amide bonds. The standard InChI is InChI=1S/C12H27NS/c1-5-6-7-8-13-9-12(4)14-10-11(2)3/h11-13H,5-10H2,1-4H3. The Morgan fingerprint density at radius 2 is 1.86 bits per heavy atom. The molecule has 0 fully saturated rings. The zero-order chi connectivity index (χ0) is 10.8. The third kappa shape index (κ3) is 10.4. The van der Waals surface area contributed by atoms with Crippen LogP contribution in [0.2, 0.25) is 0 Å². The summed E-state index contributed by atoms with van der Waals surface area (Å²) in [7, 11) is 0. The Kier molecular flexibility index (Phi) is 10.1. The SMILES string of the molecule is CCCCCNCC(C)SCC(C)C. The van der Waals surface area contributed by atoms with Crippen molar-refractivity contribution >= 4 is 11.8 Å². The van der Waals surface area contributed by atoms with Gasteiger partial charge in [0, 0.05) is 11.8 Å². The van der Waals surface area contributed by atoms with Crippen LogP contribution >= 0.6 is 11.8 Å². The Labute approximate surface area is 94.4 Å². The topological polar surface area (TPSA) is 12.0 Å². The summed E-state index contributed by atoms with van der Waals surface area (Å²) in [6.45, 7) is 11.5. The van der Waals surface area contributed by atoms with Gasteiger partial charge in [-0.25, -0.2) is 0 Å². The van der Waals surface area contributed by atoms with Crippen LogP contribution in [0.1, 0.15) is 47.0 Å². The molecule has 0 saturated carbocycles. The van der Waals surface area contributed by atoms with E-state index in [-0.39, 0.29) is 0 Å². The van der Waals surface area contributed by atoms with Crippen LogP contribution in [0.4, 0.5) is 0 Å². The summed E-state index contributed by atoms with van der Waals surface area (Å²) in [6, 6.07) is 0. The summed E-state index contributed by atoms with van der Waals surface area (Å²) in [6.07, 6.45) is 4.01. The molecule has 1 atom stereocenters. The molecule has 0 rings (SSSR count). The Balaban J connectivity index is 3.14. The van der Waals surface area contributed by atoms with Crippen molar-refractivity contribution < 1.29 is 0 Å². The molecular formula is C12H27NS. The van der Waals surface area contributed by atoms with Crippen molar-refractivity contribution in [2.45, 2.75) is 52.2 Å². The van der Waals surface area contributed by atoms with Gasteiger partial charge >= 0.3 is 0 Å². The second-order valence-electron chi connectivity index (χ2n) is 4.45. The molecule has 1 unspecified atom stereocenters. The van der Waals surface area contributed by atoms with E-state index in [1.165, 1.54) is 38.1 Å². The fraction of sp³-hybridized carbons (Fsp3) is 1.00. The van der Waals surface area contributed by atoms with Gasteiger partial charge in [0.05, 0.1) is 0 Å². The lowest BCUT2D eigenvalue weighted by Crippen LogP contribution is -2.24. The predicted octanol–water partition coefficient (Wildman–Crippen LogP) is 3.54. The van der Waals surface area contributed by atoms with Crippen molar-refractivity contribution in [3.05, 3.63) is 0 Å². The molecule has 2 heteroatoms. The third-order valence-electron chi connectivity index (χ3n) is 2.10. The Morgan fingerprint density at radius 1 is 1.14 bits per heavy atom. The third-order valence-corrected chi connectivity index (χ3v) is 3.70. The quantitative estimate of drug-likeness (QED) is 0.593. The Bertz CT molecular complexity index is 115. The average Bonchev–Trinajstić information content (AvgIpc) is 2.14. The minimum Gasteiger partial charge on any atom is -0.316 e. The summed E-state index contributed by atoms with van der Waals surface area (Å²) in [5.41, 5.74) is 0. The number of hydrogen-bond acceptors (Lipinski definition) is 2. The first-order valence-corrected chi connectivity index (χ1v) is 7.04. The highest BCUT2D eigenvalue weighted by Crippen LogP contribution is 2.13. The number of hydrogen-bond donors (Lipinski definition) is 1. The van der Waals surface area contributed by atoms with E-state index in [1.807, 2.05) is 0 Å². The number of unbranched alkanes of at least 4 members (excludes halogenated alkanes) is 2. The predicted molar refractivity (Wildman–Crippen MR) is 69.2 cm³/mol. The van der Waals surface area contributed by atoms with E-state index in [0.717, 1.165) is 11.2 Å². The fourth-order valence-electron chi connectivity index (χ4n) is 1.22. The molecule has 0 spiro atoms. The lowest BCUT2D eigenvalue weighted by molar-refractivity contribution is 0.615. The van der Waals surface area contributed by atoms with Gasteiger partial charge < -0.3 is 5.32 Å². The number of nitrogens with one attached hydrogen (secondary N) is 1. The smallest absolute Gasteiger partial charge is 0.0144 e. The van der Waals surface area contributed by atoms with Crippen LogP contribution in [-0.2, 0) is 0 Å². The summed E-state index contributed by atoms with van der Waals surface area (Å²) >= 11 is 2.09. The van der Waals surface area contributed by atoms with Gasteiger partial charge in [0.15, 0.2) is 0 Å². The summed E-state index contributed by atoms with van der Waals surface area (Å²) in [5.74, 6) is 2.11. The summed E-state index contributed by atoms with van der Waals surface area (Å²) in [4.78, 5) is 0. The molecule has 0 aliphatic rings. The van der Waals surface area contributed by atoms with Gasteiger partial charge in [-0.1, -0.05) is 40.5 Å². The molecule has 0 heterocycles. The van der Waals surface area contributed by atoms with Gasteiger partial charge in [0.2, 0.25) is 0 Å². The van der Waals surface area contributed by atoms with Crippen molar-refractivity contribution in [3.8, 4) is 0 Å². The Morgan fingerprint density at radius 3 is 2.43 bits per heavy atom. The van der Waals surface area contributed by atoms with Crippen molar-refractivity contribution in [1.29, 1.82) is 0 Å². The van der Waals surface area contributed by atoms with Crippen LogP contribution in [0.3, 0.4) is 0 Å². The highest BCUT2D eigenvalue weighted by atomic mass is 32.2. The maximum absolute atomic E-state index is 3.52. The zero-order valence-corrected chi connectivity index (χ0v) is 11.1. The Hall–Kier alpha value is 0.310. The molecule has 0 radical (unpaired) electrons. The van der Waals surface area contributed by atoms with Gasteiger partial charge in [-0.3, -0.25) is 0 Å². The molecule has 86 valence electrons. The lowest BCUT2D eigenvalue weighted by atomic mass is 10.2. The minimum atomic E-state index is 0.763. The van der Waals surface area contributed by atoms with Crippen LogP contribution < -0.4 is 5.32 Å². The van der Waals surface area contributed by atoms with E-state index in [0.29, 0.717) is 0 Å². The van der Waals surface area contributed by atoms with Crippen molar-refractivity contribution in [1.82, 2.24) is 5.32 Å². The van der Waals surface area contributed by atoms with Crippen LogP contribution in [0, 0.1) is 5.92 Å². The highest BCUT2D eigenvalue weighted by molar-refractivity contribution is 7.99. The molecule has 0 aliphatic carbocycles. The van der Waals surface area contributed by atoms with E-state index in [9.17, 15) is 0 Å². The van der Waals surface area contributed by atoms with E-state index in [2.05, 4.69) is 44.8 Å². The zero-order valence-electron chi connectivity index (χ0n) is 10.3. The molecule has 0 aromatic heterocycles. The molecule has 0 aromatic carbocycles. The van der Waals surface area contributed by atoms with Crippen LogP contribution in [0.25, 0.3) is 0 Å². The van der Waals surface area contributed by atoms with Crippen LogP contribution in [0.5, 0.6) is 0 Å². The molecule has 1 nitrogen and oxygen atoms in total. The van der Waals surface area contributed by atoms with Crippen LogP contribution in [-0.4, -0.2) is 24.1 Å². The van der Waals surface area contributed by atoms with Gasteiger partial charge in [-0.05, 0) is 24.6 Å². The first kappa shape index (κ1) is 14.3. The number of thioether (sulfide) groups is 1. The summed E-state index contributed by atoms with van der Waals surface area (Å²) < 4.78 is 0. The van der Waals surface area contributed by atoms with E-state index < -0.39 is 0 Å². The van der Waals surface area contributed by atoms with E-state index >= 15 is 0 Å². The van der Waals surface area contributed by atoms with Gasteiger partial charge in [0.1, 0.15) is 0 Å². The second kappa shape index (κ2) is 9.85. The van der Waals surface area contributed by atoms with Gasteiger partial charge in [-0.2, -0.15) is 11.8 Å². The fourth-order valence-corrected chi connectivity index (χ4v) is 2.17. The minimum absolute atomic E-state index is 0.763. The molecule has 0 bridgehead atoms. The molecule has 0 saturated heterocycles. The molecular weight excluding hydrogens is 190 g/mol. The monoisotopic (exact) mass is 217 g/mol. The molecule has 1 N–H and O–H groups in total. The normalized spacial score (nSPS) is 13.5. The van der Waals surface area contributed by atoms with E-state index in [4.69, 9.17) is 0 Å². The largest absolute Gasteiger partial charge is 0.316 e. The molecule has 14 heavy (non-hydrogen) atoms. The van der Waals surface area contributed by atoms with Crippen molar-refractivity contribution in [2.75, 3.05) is 18.8 Å². The van der Waals surface area contributed by atoms with Crippen molar-refractivity contribution in [2.24, 2.45) is 5.92 Å². The second-order valence-corrected chi connectivity index (χ2v) is 5.92. The van der Waals surface area contributed by atoms with Crippen LogP contribution in [0.15, 0.2) is 0 Å². The lowest BCUT2D eigenvalue weighted by Gasteiger charge is -2.13. The van der Waals surface area contributed by atoms with Crippen molar-refractivity contribution in [3.63, 3.8) is 0 Å². The van der Waals surface area contributed by atoms with E-state index in [1.54, 1.807) is 0 Å². The van der Waals surface area contributed by atoms with Gasteiger partial charge in [-0.15, -0.1) is 0 Å². The van der Waals surface area contributed by atoms with Gasteiger partial charge in [0.25, 0.3) is 0 Å². The maximum atomic E-state index is 3.52. The number of rotatable bonds is 9. The first-order chi connectivity index (χ1) is 6.66. The average molecular weight is 217 g/mol. The maximum Gasteiger partial charge on any atom is 0.0144 e. The summed E-state index contributed by atoms with van der Waals surface area (Å²) in [5, 5.41) is 4.29. The molecule has 0 aliphatic heterocycles. The highest BCUT2D eigenvalue weighted by Gasteiger charge is 2.02. The molecule has 0 aromatic rings. The first-order valence-electron chi connectivity index (χ1n) is 5.99.